The summed E-state index contributed by atoms with van der Waals surface area (Å²) in [5, 5.41) is 24.6. The monoisotopic (exact) mass is 413 g/mol. The number of hydrogen-bond acceptors (Lipinski definition) is 7. The fourth-order valence-electron chi connectivity index (χ4n) is 2.49. The average molecular weight is 413 g/mol. The SMILES string of the molecule is CC(=CC(=O)Nc1ccccc1C)NNC(=O)Cc1ccc([N+](=O)[O-])cc1[N+](=O)[O-]. The highest BCUT2D eigenvalue weighted by molar-refractivity contribution is 6.00. The Morgan fingerprint density at radius 3 is 2.37 bits per heavy atom. The first-order chi connectivity index (χ1) is 14.2. The van der Waals surface area contributed by atoms with E-state index in [9.17, 15) is 29.8 Å². The molecule has 0 spiro atoms. The maximum atomic E-state index is 12.1. The number of carbonyl (C=O) groups excluding carboxylic acids is 2. The van der Waals surface area contributed by atoms with Crippen molar-refractivity contribution < 1.29 is 19.4 Å². The van der Waals surface area contributed by atoms with E-state index >= 15 is 0 Å². The second-order valence-electron chi connectivity index (χ2n) is 6.31. The number of anilines is 1. The third-order valence-electron chi connectivity index (χ3n) is 3.98. The first-order valence-corrected chi connectivity index (χ1v) is 8.69. The lowest BCUT2D eigenvalue weighted by Gasteiger charge is -2.10. The number of hydrazine groups is 1. The topological polar surface area (TPSA) is 157 Å². The minimum absolute atomic E-state index is 0.0174. The number of para-hydroxylation sites is 1. The Morgan fingerprint density at radius 2 is 1.73 bits per heavy atom. The predicted molar refractivity (Wildman–Crippen MR) is 108 cm³/mol. The Labute approximate surface area is 171 Å². The maximum absolute atomic E-state index is 12.1. The second-order valence-corrected chi connectivity index (χ2v) is 6.31. The van der Waals surface area contributed by atoms with E-state index in [1.165, 1.54) is 6.08 Å². The fraction of sp³-hybridized carbons (Fsp3) is 0.158. The third kappa shape index (κ3) is 6.12. The number of amides is 2. The van der Waals surface area contributed by atoms with Gasteiger partial charge in [-0.1, -0.05) is 18.2 Å². The number of nitro benzene ring substituents is 2. The van der Waals surface area contributed by atoms with E-state index in [1.54, 1.807) is 19.1 Å². The van der Waals surface area contributed by atoms with Crippen LogP contribution in [-0.2, 0) is 16.0 Å². The van der Waals surface area contributed by atoms with Crippen molar-refractivity contribution >= 4 is 28.9 Å². The molecule has 0 atom stereocenters. The summed E-state index contributed by atoms with van der Waals surface area (Å²) in [6, 6.07) is 10.3. The summed E-state index contributed by atoms with van der Waals surface area (Å²) in [6.45, 7) is 3.40. The molecular formula is C19H19N5O6. The molecule has 2 aromatic rings. The largest absolute Gasteiger partial charge is 0.322 e. The van der Waals surface area contributed by atoms with Gasteiger partial charge in [0.05, 0.1) is 22.3 Å². The number of nitrogens with one attached hydrogen (secondary N) is 3. The Balaban J connectivity index is 1.96. The molecule has 11 nitrogen and oxygen atoms in total. The van der Waals surface area contributed by atoms with Crippen molar-refractivity contribution in [2.75, 3.05) is 5.32 Å². The molecular weight excluding hydrogens is 394 g/mol. The van der Waals surface area contributed by atoms with Gasteiger partial charge in [-0.25, -0.2) is 0 Å². The van der Waals surface area contributed by atoms with Crippen LogP contribution in [0.5, 0.6) is 0 Å². The lowest BCUT2D eigenvalue weighted by Crippen LogP contribution is -2.37. The standard InChI is InChI=1S/C19H19N5O6/c1-12-5-3-4-6-16(12)20-18(25)9-13(2)21-22-19(26)10-14-7-8-15(23(27)28)11-17(14)24(29)30/h3-9,11,21H,10H2,1-2H3,(H,20,25)(H,22,26). The number of non-ortho nitro benzene ring substituents is 1. The van der Waals surface area contributed by atoms with Crippen molar-refractivity contribution in [3.05, 3.63) is 85.6 Å². The number of allylic oxidation sites excluding steroid dienone is 1. The van der Waals surface area contributed by atoms with Gasteiger partial charge in [0.25, 0.3) is 11.4 Å². The number of carbonyl (C=O) groups is 2. The van der Waals surface area contributed by atoms with Crippen molar-refractivity contribution in [2.45, 2.75) is 20.3 Å². The lowest BCUT2D eigenvalue weighted by molar-refractivity contribution is -0.394. The van der Waals surface area contributed by atoms with Crippen molar-refractivity contribution in [2.24, 2.45) is 0 Å². The van der Waals surface area contributed by atoms with Crippen LogP contribution in [-0.4, -0.2) is 21.7 Å². The second kappa shape index (κ2) is 9.78. The quantitative estimate of drug-likeness (QED) is 0.341. The third-order valence-corrected chi connectivity index (χ3v) is 3.98. The summed E-state index contributed by atoms with van der Waals surface area (Å²) < 4.78 is 0. The highest BCUT2D eigenvalue weighted by Gasteiger charge is 2.21. The number of hydrogen-bond donors (Lipinski definition) is 3. The molecule has 0 fully saturated rings. The molecule has 0 aliphatic heterocycles. The molecule has 30 heavy (non-hydrogen) atoms. The van der Waals surface area contributed by atoms with E-state index in [1.807, 2.05) is 19.1 Å². The molecule has 2 aromatic carbocycles. The molecule has 0 saturated carbocycles. The van der Waals surface area contributed by atoms with Gasteiger partial charge in [-0.2, -0.15) is 0 Å². The molecule has 3 N–H and O–H groups in total. The zero-order valence-corrected chi connectivity index (χ0v) is 16.2. The molecule has 0 aromatic heterocycles. The summed E-state index contributed by atoms with van der Waals surface area (Å²) in [6.07, 6.45) is 0.852. The molecule has 0 saturated heterocycles. The highest BCUT2D eigenvalue weighted by Crippen LogP contribution is 2.25. The normalized spacial score (nSPS) is 10.8. The molecule has 0 bridgehead atoms. The Morgan fingerprint density at radius 1 is 1.03 bits per heavy atom. The Hall–Kier alpha value is -4.28. The smallest absolute Gasteiger partial charge is 0.279 e. The molecule has 0 unspecified atom stereocenters. The van der Waals surface area contributed by atoms with Gasteiger partial charge in [0.15, 0.2) is 0 Å². The van der Waals surface area contributed by atoms with Crippen LogP contribution in [0.25, 0.3) is 0 Å². The summed E-state index contributed by atoms with van der Waals surface area (Å²) in [5.41, 5.74) is 5.78. The minimum Gasteiger partial charge on any atom is -0.322 e. The van der Waals surface area contributed by atoms with Crippen LogP contribution in [0.4, 0.5) is 17.1 Å². The van der Waals surface area contributed by atoms with Gasteiger partial charge in [-0.05, 0) is 31.5 Å². The van der Waals surface area contributed by atoms with Crippen LogP contribution in [0.3, 0.4) is 0 Å². The van der Waals surface area contributed by atoms with Gasteiger partial charge >= 0.3 is 0 Å². The number of nitro groups is 2. The summed E-state index contributed by atoms with van der Waals surface area (Å²) in [4.78, 5) is 44.5. The zero-order chi connectivity index (χ0) is 22.3. The van der Waals surface area contributed by atoms with Crippen LogP contribution < -0.4 is 16.2 Å². The Kier molecular flexibility index (Phi) is 7.17. The van der Waals surface area contributed by atoms with Crippen molar-refractivity contribution in [3.63, 3.8) is 0 Å². The van der Waals surface area contributed by atoms with Crippen LogP contribution in [0.1, 0.15) is 18.1 Å². The van der Waals surface area contributed by atoms with Crippen LogP contribution in [0, 0.1) is 27.2 Å². The van der Waals surface area contributed by atoms with E-state index in [-0.39, 0.29) is 12.0 Å². The first-order valence-electron chi connectivity index (χ1n) is 8.69. The van der Waals surface area contributed by atoms with E-state index in [0.29, 0.717) is 11.4 Å². The van der Waals surface area contributed by atoms with Gasteiger partial charge in [0.2, 0.25) is 11.8 Å². The minimum atomic E-state index is -0.788. The van der Waals surface area contributed by atoms with Crippen LogP contribution >= 0.6 is 0 Å². The van der Waals surface area contributed by atoms with E-state index in [4.69, 9.17) is 0 Å². The number of nitrogens with zero attached hydrogens (tertiary/aromatic N) is 2. The van der Waals surface area contributed by atoms with E-state index in [2.05, 4.69) is 16.2 Å². The molecule has 2 rings (SSSR count). The zero-order valence-electron chi connectivity index (χ0n) is 16.2. The molecule has 156 valence electrons. The summed E-state index contributed by atoms with van der Waals surface area (Å²) >= 11 is 0. The molecule has 11 heteroatoms. The van der Waals surface area contributed by atoms with Gasteiger partial charge in [-0.15, -0.1) is 0 Å². The summed E-state index contributed by atoms with van der Waals surface area (Å²) in [5.74, 6) is -1.03. The highest BCUT2D eigenvalue weighted by atomic mass is 16.6. The van der Waals surface area contributed by atoms with Crippen LogP contribution in [0.2, 0.25) is 0 Å². The summed E-state index contributed by atoms with van der Waals surface area (Å²) in [7, 11) is 0. The van der Waals surface area contributed by atoms with Crippen molar-refractivity contribution in [1.82, 2.24) is 10.9 Å². The molecule has 0 aliphatic rings. The molecule has 2 amide bonds. The fourth-order valence-corrected chi connectivity index (χ4v) is 2.49. The van der Waals surface area contributed by atoms with Gasteiger partial charge in [0, 0.05) is 29.1 Å². The van der Waals surface area contributed by atoms with E-state index in [0.717, 1.165) is 23.8 Å². The number of benzene rings is 2. The molecule has 0 aliphatic carbocycles. The van der Waals surface area contributed by atoms with E-state index < -0.39 is 33.0 Å². The van der Waals surface area contributed by atoms with Crippen molar-refractivity contribution in [3.8, 4) is 0 Å². The Bertz CT molecular complexity index is 1030. The number of rotatable bonds is 8. The first kappa shape index (κ1) is 22.0. The van der Waals surface area contributed by atoms with Crippen LogP contribution in [0.15, 0.2) is 54.2 Å². The van der Waals surface area contributed by atoms with Crippen molar-refractivity contribution in [1.29, 1.82) is 0 Å². The predicted octanol–water partition coefficient (Wildman–Crippen LogP) is 2.52. The molecule has 0 radical (unpaired) electrons. The number of aryl methyl sites for hydroxylation is 1. The van der Waals surface area contributed by atoms with Gasteiger partial charge in [-0.3, -0.25) is 35.2 Å². The van der Waals surface area contributed by atoms with Gasteiger partial charge < -0.3 is 10.7 Å². The maximum Gasteiger partial charge on any atom is 0.279 e. The lowest BCUT2D eigenvalue weighted by atomic mass is 10.1. The molecule has 0 heterocycles. The van der Waals surface area contributed by atoms with Gasteiger partial charge in [0.1, 0.15) is 0 Å². The average Bonchev–Trinajstić information content (AvgIpc) is 2.68.